The summed E-state index contributed by atoms with van der Waals surface area (Å²) in [6, 6.07) is 6.74. The third-order valence-corrected chi connectivity index (χ3v) is 5.07. The van der Waals surface area contributed by atoms with Crippen molar-refractivity contribution in [3.05, 3.63) is 28.8 Å². The van der Waals surface area contributed by atoms with Crippen LogP contribution < -0.4 is 5.32 Å². The fourth-order valence-electron chi connectivity index (χ4n) is 2.61. The molecule has 1 saturated heterocycles. The van der Waals surface area contributed by atoms with Gasteiger partial charge < -0.3 is 14.8 Å². The number of nitrogens with one attached hydrogen (secondary N) is 1. The van der Waals surface area contributed by atoms with E-state index in [2.05, 4.69) is 17.4 Å². The zero-order valence-electron chi connectivity index (χ0n) is 11.8. The lowest BCUT2D eigenvalue weighted by molar-refractivity contribution is -0.253. The molecular weight excluding hydrogens is 294 g/mol. The summed E-state index contributed by atoms with van der Waals surface area (Å²) >= 11 is 8.04. The molecule has 3 nitrogen and oxygen atoms in total. The van der Waals surface area contributed by atoms with E-state index in [0.29, 0.717) is 19.3 Å². The standard InChI is InChI=1S/C15H20ClNO2S/c1-15(2)18-8-11(9-19-15)17-13-5-6-20-14-4-3-10(16)7-12(13)14/h3-4,7,11,13,17H,5-6,8-9H2,1-2H3. The van der Waals surface area contributed by atoms with Crippen LogP contribution in [-0.2, 0) is 9.47 Å². The van der Waals surface area contributed by atoms with Crippen LogP contribution in [0.25, 0.3) is 0 Å². The van der Waals surface area contributed by atoms with Crippen LogP contribution in [0.1, 0.15) is 31.9 Å². The highest BCUT2D eigenvalue weighted by atomic mass is 35.5. The minimum absolute atomic E-state index is 0.239. The van der Waals surface area contributed by atoms with Crippen LogP contribution in [0.15, 0.2) is 23.1 Å². The Morgan fingerprint density at radius 2 is 2.05 bits per heavy atom. The number of fused-ring (bicyclic) bond motifs is 1. The van der Waals surface area contributed by atoms with Crippen LogP contribution in [-0.4, -0.2) is 30.8 Å². The number of halogens is 1. The van der Waals surface area contributed by atoms with Crippen molar-refractivity contribution in [1.29, 1.82) is 0 Å². The molecule has 1 N–H and O–H groups in total. The van der Waals surface area contributed by atoms with Crippen molar-refractivity contribution < 1.29 is 9.47 Å². The van der Waals surface area contributed by atoms with E-state index in [-0.39, 0.29) is 6.04 Å². The molecule has 5 heteroatoms. The molecule has 0 aromatic heterocycles. The van der Waals surface area contributed by atoms with E-state index in [9.17, 15) is 0 Å². The molecule has 0 saturated carbocycles. The molecule has 0 amide bonds. The Balaban J connectivity index is 1.69. The van der Waals surface area contributed by atoms with Gasteiger partial charge in [-0.2, -0.15) is 0 Å². The third kappa shape index (κ3) is 3.31. The molecule has 1 unspecified atom stereocenters. The second kappa shape index (κ2) is 5.85. The quantitative estimate of drug-likeness (QED) is 0.903. The van der Waals surface area contributed by atoms with Gasteiger partial charge in [-0.15, -0.1) is 11.8 Å². The average Bonchev–Trinajstić information content (AvgIpc) is 2.42. The predicted molar refractivity (Wildman–Crippen MR) is 82.4 cm³/mol. The first-order chi connectivity index (χ1) is 9.53. The van der Waals surface area contributed by atoms with Gasteiger partial charge in [-0.3, -0.25) is 0 Å². The Morgan fingerprint density at radius 1 is 1.30 bits per heavy atom. The minimum Gasteiger partial charge on any atom is -0.349 e. The van der Waals surface area contributed by atoms with Crippen molar-refractivity contribution in [2.45, 2.75) is 43.0 Å². The first kappa shape index (κ1) is 14.7. The van der Waals surface area contributed by atoms with Crippen LogP contribution in [0.2, 0.25) is 5.02 Å². The summed E-state index contributed by atoms with van der Waals surface area (Å²) in [5, 5.41) is 4.46. The highest BCUT2D eigenvalue weighted by Crippen LogP contribution is 2.38. The van der Waals surface area contributed by atoms with E-state index in [4.69, 9.17) is 21.1 Å². The van der Waals surface area contributed by atoms with Gasteiger partial charge in [-0.1, -0.05) is 11.6 Å². The molecular formula is C15H20ClNO2S. The maximum Gasteiger partial charge on any atom is 0.162 e. The zero-order chi connectivity index (χ0) is 14.2. The van der Waals surface area contributed by atoms with Gasteiger partial charge in [0.1, 0.15) is 0 Å². The van der Waals surface area contributed by atoms with E-state index in [1.807, 2.05) is 31.7 Å². The van der Waals surface area contributed by atoms with Gasteiger partial charge in [0.2, 0.25) is 0 Å². The summed E-state index contributed by atoms with van der Waals surface area (Å²) in [4.78, 5) is 1.33. The fourth-order valence-corrected chi connectivity index (χ4v) is 3.90. The average molecular weight is 314 g/mol. The first-order valence-corrected chi connectivity index (χ1v) is 8.36. The summed E-state index contributed by atoms with van der Waals surface area (Å²) in [6.07, 6.45) is 1.11. The molecule has 0 spiro atoms. The monoisotopic (exact) mass is 313 g/mol. The Kier molecular flexibility index (Phi) is 4.29. The SMILES string of the molecule is CC1(C)OCC(NC2CCSc3ccc(Cl)cc32)CO1. The van der Waals surface area contributed by atoms with Crippen molar-refractivity contribution in [2.24, 2.45) is 0 Å². The maximum absolute atomic E-state index is 6.14. The van der Waals surface area contributed by atoms with Crippen LogP contribution in [0, 0.1) is 0 Å². The van der Waals surface area contributed by atoms with E-state index in [1.54, 1.807) is 0 Å². The van der Waals surface area contributed by atoms with E-state index < -0.39 is 5.79 Å². The van der Waals surface area contributed by atoms with Crippen molar-refractivity contribution >= 4 is 23.4 Å². The topological polar surface area (TPSA) is 30.5 Å². The first-order valence-electron chi connectivity index (χ1n) is 7.00. The lowest BCUT2D eigenvalue weighted by atomic mass is 10.0. The highest BCUT2D eigenvalue weighted by Gasteiger charge is 2.31. The summed E-state index contributed by atoms with van der Waals surface area (Å²) < 4.78 is 11.4. The Hall–Kier alpha value is -0.260. The van der Waals surface area contributed by atoms with Crippen molar-refractivity contribution in [1.82, 2.24) is 5.32 Å². The fraction of sp³-hybridized carbons (Fsp3) is 0.600. The molecule has 110 valence electrons. The van der Waals surface area contributed by atoms with Gasteiger partial charge in [-0.25, -0.2) is 0 Å². The number of hydrogen-bond acceptors (Lipinski definition) is 4. The molecule has 2 aliphatic heterocycles. The molecule has 3 rings (SSSR count). The van der Waals surface area contributed by atoms with E-state index in [0.717, 1.165) is 17.2 Å². The van der Waals surface area contributed by atoms with Crippen molar-refractivity contribution in [3.63, 3.8) is 0 Å². The predicted octanol–water partition coefficient (Wildman–Crippen LogP) is 3.62. The molecule has 2 aliphatic rings. The van der Waals surface area contributed by atoms with Crippen molar-refractivity contribution in [3.8, 4) is 0 Å². The number of ether oxygens (including phenoxy) is 2. The molecule has 2 heterocycles. The van der Waals surface area contributed by atoms with Crippen molar-refractivity contribution in [2.75, 3.05) is 19.0 Å². The van der Waals surface area contributed by atoms with Gasteiger partial charge in [0.25, 0.3) is 0 Å². The molecule has 1 atom stereocenters. The number of hydrogen-bond donors (Lipinski definition) is 1. The van der Waals surface area contributed by atoms with Gasteiger partial charge >= 0.3 is 0 Å². The number of thioether (sulfide) groups is 1. The zero-order valence-corrected chi connectivity index (χ0v) is 13.4. The lowest BCUT2D eigenvalue weighted by Gasteiger charge is -2.38. The van der Waals surface area contributed by atoms with Gasteiger partial charge in [0.15, 0.2) is 5.79 Å². The molecule has 20 heavy (non-hydrogen) atoms. The number of rotatable bonds is 2. The molecule has 0 bridgehead atoms. The Bertz CT molecular complexity index is 485. The molecule has 1 aromatic rings. The normalized spacial score (nSPS) is 26.2. The minimum atomic E-state index is -0.457. The summed E-state index contributed by atoms with van der Waals surface area (Å²) in [5.41, 5.74) is 1.30. The second-order valence-electron chi connectivity index (χ2n) is 5.76. The largest absolute Gasteiger partial charge is 0.349 e. The highest BCUT2D eigenvalue weighted by molar-refractivity contribution is 7.99. The molecule has 1 fully saturated rings. The Labute approximate surface area is 129 Å². The molecule has 0 radical (unpaired) electrons. The van der Waals surface area contributed by atoms with Gasteiger partial charge in [0, 0.05) is 16.0 Å². The second-order valence-corrected chi connectivity index (χ2v) is 7.33. The smallest absolute Gasteiger partial charge is 0.162 e. The Morgan fingerprint density at radius 3 is 2.80 bits per heavy atom. The van der Waals surface area contributed by atoms with Crippen LogP contribution in [0.3, 0.4) is 0 Å². The lowest BCUT2D eigenvalue weighted by Crippen LogP contribution is -2.49. The van der Waals surface area contributed by atoms with Crippen LogP contribution >= 0.6 is 23.4 Å². The van der Waals surface area contributed by atoms with Crippen LogP contribution in [0.4, 0.5) is 0 Å². The molecule has 0 aliphatic carbocycles. The summed E-state index contributed by atoms with van der Waals surface area (Å²) in [7, 11) is 0. The van der Waals surface area contributed by atoms with Gasteiger partial charge in [0.05, 0.1) is 19.3 Å². The molecule has 1 aromatic carbocycles. The number of benzene rings is 1. The van der Waals surface area contributed by atoms with E-state index in [1.165, 1.54) is 10.5 Å². The van der Waals surface area contributed by atoms with E-state index >= 15 is 0 Å². The maximum atomic E-state index is 6.14. The van der Waals surface area contributed by atoms with Crippen LogP contribution in [0.5, 0.6) is 0 Å². The summed E-state index contributed by atoms with van der Waals surface area (Å²) in [5.74, 6) is 0.675. The van der Waals surface area contributed by atoms with Gasteiger partial charge in [-0.05, 0) is 49.8 Å². The third-order valence-electron chi connectivity index (χ3n) is 3.71. The summed E-state index contributed by atoms with van der Waals surface area (Å²) in [6.45, 7) is 5.28.